The van der Waals surface area contributed by atoms with Crippen LogP contribution in [-0.2, 0) is 6.42 Å². The van der Waals surface area contributed by atoms with E-state index in [1.807, 2.05) is 11.8 Å². The Bertz CT molecular complexity index is 529. The number of nitrogens with two attached hydrogens (primary N) is 1. The minimum absolute atomic E-state index is 0.254. The van der Waals surface area contributed by atoms with Crippen LogP contribution in [-0.4, -0.2) is 11.8 Å². The summed E-state index contributed by atoms with van der Waals surface area (Å²) in [5, 5.41) is 0. The number of thioether (sulfide) groups is 1. The average molecular weight is 416 g/mol. The lowest BCUT2D eigenvalue weighted by Crippen LogP contribution is -2.38. The van der Waals surface area contributed by atoms with Crippen molar-refractivity contribution in [1.29, 1.82) is 0 Å². The van der Waals surface area contributed by atoms with Crippen LogP contribution in [0.2, 0.25) is 0 Å². The van der Waals surface area contributed by atoms with E-state index in [1.54, 1.807) is 0 Å². The Morgan fingerprint density at radius 2 is 1.50 bits per heavy atom. The Morgan fingerprint density at radius 3 is 2.05 bits per heavy atom. The van der Waals surface area contributed by atoms with Gasteiger partial charge in [-0.05, 0) is 48.4 Å². The highest BCUT2D eigenvalue weighted by Crippen LogP contribution is 2.22. The van der Waals surface area contributed by atoms with Crippen LogP contribution in [0.15, 0.2) is 62.4 Å². The van der Waals surface area contributed by atoms with Crippen LogP contribution in [0.1, 0.15) is 5.56 Å². The second-order valence-electron chi connectivity index (χ2n) is 4.46. The van der Waals surface area contributed by atoms with Crippen molar-refractivity contribution in [3.63, 3.8) is 0 Å². The molecule has 0 fully saturated rings. The monoisotopic (exact) mass is 414 g/mol. The summed E-state index contributed by atoms with van der Waals surface area (Å²) in [6, 6.07) is 17.0. The van der Waals surface area contributed by atoms with E-state index < -0.39 is 0 Å². The van der Waals surface area contributed by atoms with Gasteiger partial charge in [0.05, 0.1) is 0 Å². The summed E-state index contributed by atoms with van der Waals surface area (Å²) in [7, 11) is 0. The van der Waals surface area contributed by atoms with E-state index in [4.69, 9.17) is 5.84 Å². The van der Waals surface area contributed by atoms with Gasteiger partial charge in [0, 0.05) is 25.6 Å². The molecule has 1 atom stereocenters. The molecule has 2 aromatic rings. The Morgan fingerprint density at radius 1 is 0.950 bits per heavy atom. The molecule has 20 heavy (non-hydrogen) atoms. The summed E-state index contributed by atoms with van der Waals surface area (Å²) in [4.78, 5) is 1.25. The lowest BCUT2D eigenvalue weighted by molar-refractivity contribution is 0.575. The Labute approximate surface area is 140 Å². The van der Waals surface area contributed by atoms with E-state index in [-0.39, 0.29) is 6.04 Å². The third-order valence-corrected chi connectivity index (χ3v) is 5.13. The van der Waals surface area contributed by atoms with E-state index >= 15 is 0 Å². The molecular weight excluding hydrogens is 400 g/mol. The fraction of sp³-hybridized carbons (Fsp3) is 0.200. The topological polar surface area (TPSA) is 38.0 Å². The summed E-state index contributed by atoms with van der Waals surface area (Å²) in [6.45, 7) is 0. The molecule has 0 spiro atoms. The third-order valence-electron chi connectivity index (χ3n) is 2.90. The predicted octanol–water partition coefficient (Wildman–Crippen LogP) is 4.38. The van der Waals surface area contributed by atoms with Gasteiger partial charge in [-0.1, -0.05) is 44.0 Å². The van der Waals surface area contributed by atoms with E-state index in [0.29, 0.717) is 0 Å². The highest BCUT2D eigenvalue weighted by atomic mass is 79.9. The van der Waals surface area contributed by atoms with E-state index in [2.05, 4.69) is 85.8 Å². The molecule has 106 valence electrons. The maximum atomic E-state index is 5.66. The minimum Gasteiger partial charge on any atom is -0.271 e. The number of benzene rings is 2. The molecular formula is C15H16Br2N2S. The summed E-state index contributed by atoms with van der Waals surface area (Å²) in [5.41, 5.74) is 4.19. The van der Waals surface area contributed by atoms with E-state index in [9.17, 15) is 0 Å². The van der Waals surface area contributed by atoms with Gasteiger partial charge in [-0.2, -0.15) is 0 Å². The van der Waals surface area contributed by atoms with Crippen LogP contribution in [0.3, 0.4) is 0 Å². The van der Waals surface area contributed by atoms with Gasteiger partial charge in [0.25, 0.3) is 0 Å². The molecule has 0 aliphatic carbocycles. The third kappa shape index (κ3) is 5.22. The molecule has 0 saturated carbocycles. The SMILES string of the molecule is NNC(CSc1ccc(Br)cc1)Cc1ccc(Br)cc1. The molecule has 2 nitrogen and oxygen atoms in total. The Hall–Kier alpha value is -0.330. The van der Waals surface area contributed by atoms with Crippen LogP contribution in [0.5, 0.6) is 0 Å². The second kappa shape index (κ2) is 8.20. The zero-order chi connectivity index (χ0) is 14.4. The summed E-state index contributed by atoms with van der Waals surface area (Å²) >= 11 is 8.70. The Kier molecular flexibility index (Phi) is 6.58. The van der Waals surface area contributed by atoms with Crippen molar-refractivity contribution >= 4 is 43.6 Å². The van der Waals surface area contributed by atoms with Gasteiger partial charge < -0.3 is 0 Å². The first kappa shape index (κ1) is 16.0. The van der Waals surface area contributed by atoms with Gasteiger partial charge in [0.15, 0.2) is 0 Å². The molecule has 0 amide bonds. The van der Waals surface area contributed by atoms with Crippen LogP contribution in [0.4, 0.5) is 0 Å². The molecule has 0 bridgehead atoms. The normalized spacial score (nSPS) is 12.3. The molecule has 2 rings (SSSR count). The van der Waals surface area contributed by atoms with Crippen LogP contribution in [0, 0.1) is 0 Å². The van der Waals surface area contributed by atoms with Crippen molar-refractivity contribution < 1.29 is 0 Å². The molecule has 0 aliphatic rings. The van der Waals surface area contributed by atoms with E-state index in [1.165, 1.54) is 10.5 Å². The molecule has 2 aromatic carbocycles. The number of nitrogens with one attached hydrogen (secondary N) is 1. The number of hydrazine groups is 1. The molecule has 5 heteroatoms. The molecule has 3 N–H and O–H groups in total. The maximum absolute atomic E-state index is 5.66. The highest BCUT2D eigenvalue weighted by molar-refractivity contribution is 9.10. The zero-order valence-electron chi connectivity index (χ0n) is 10.9. The van der Waals surface area contributed by atoms with Gasteiger partial charge in [-0.15, -0.1) is 11.8 Å². The first-order chi connectivity index (χ1) is 9.67. The standard InChI is InChI=1S/C15H16Br2N2S/c16-12-3-1-11(2-4-12)9-14(19-18)10-20-15-7-5-13(17)6-8-15/h1-8,14,19H,9-10,18H2. The Balaban J connectivity index is 1.88. The largest absolute Gasteiger partial charge is 0.271 e. The predicted molar refractivity (Wildman–Crippen MR) is 93.8 cm³/mol. The average Bonchev–Trinajstić information content (AvgIpc) is 2.47. The fourth-order valence-corrected chi connectivity index (χ4v) is 3.26. The lowest BCUT2D eigenvalue weighted by Gasteiger charge is -2.15. The summed E-state index contributed by atoms with van der Waals surface area (Å²) in [6.07, 6.45) is 0.924. The van der Waals surface area contributed by atoms with Gasteiger partial charge in [-0.3, -0.25) is 11.3 Å². The van der Waals surface area contributed by atoms with Crippen LogP contribution >= 0.6 is 43.6 Å². The van der Waals surface area contributed by atoms with Crippen molar-refractivity contribution in [3.05, 3.63) is 63.0 Å². The quantitative estimate of drug-likeness (QED) is 0.417. The number of halogens is 2. The van der Waals surface area contributed by atoms with Gasteiger partial charge >= 0.3 is 0 Å². The van der Waals surface area contributed by atoms with Crippen LogP contribution in [0.25, 0.3) is 0 Å². The molecule has 0 radical (unpaired) electrons. The fourth-order valence-electron chi connectivity index (χ4n) is 1.80. The summed E-state index contributed by atoms with van der Waals surface area (Å²) < 4.78 is 2.20. The first-order valence-electron chi connectivity index (χ1n) is 6.26. The lowest BCUT2D eigenvalue weighted by atomic mass is 10.1. The highest BCUT2D eigenvalue weighted by Gasteiger charge is 2.08. The maximum Gasteiger partial charge on any atom is 0.0344 e. The van der Waals surface area contributed by atoms with Crippen molar-refractivity contribution in [2.45, 2.75) is 17.4 Å². The molecule has 1 unspecified atom stereocenters. The van der Waals surface area contributed by atoms with Crippen molar-refractivity contribution in [2.75, 3.05) is 5.75 Å². The van der Waals surface area contributed by atoms with Gasteiger partial charge in [0.2, 0.25) is 0 Å². The van der Waals surface area contributed by atoms with Crippen LogP contribution < -0.4 is 11.3 Å². The zero-order valence-corrected chi connectivity index (χ0v) is 14.8. The number of hydrogen-bond donors (Lipinski definition) is 2. The number of rotatable bonds is 6. The molecule has 0 saturated heterocycles. The van der Waals surface area contributed by atoms with E-state index in [0.717, 1.165) is 21.1 Å². The molecule has 0 aliphatic heterocycles. The second-order valence-corrected chi connectivity index (χ2v) is 7.38. The van der Waals surface area contributed by atoms with Gasteiger partial charge in [-0.25, -0.2) is 0 Å². The minimum atomic E-state index is 0.254. The van der Waals surface area contributed by atoms with Gasteiger partial charge in [0.1, 0.15) is 0 Å². The molecule has 0 heterocycles. The first-order valence-corrected chi connectivity index (χ1v) is 8.83. The number of hydrogen-bond acceptors (Lipinski definition) is 3. The summed E-state index contributed by atoms with van der Waals surface area (Å²) in [5.74, 6) is 6.60. The van der Waals surface area contributed by atoms with Crippen molar-refractivity contribution in [1.82, 2.24) is 5.43 Å². The molecule has 0 aromatic heterocycles. The smallest absolute Gasteiger partial charge is 0.0344 e. The van der Waals surface area contributed by atoms with Crippen molar-refractivity contribution in [2.24, 2.45) is 5.84 Å². The van der Waals surface area contributed by atoms with Crippen molar-refractivity contribution in [3.8, 4) is 0 Å².